The maximum atomic E-state index is 6.01. The molecule has 0 amide bonds. The first-order valence-electron chi connectivity index (χ1n) is 7.18. The van der Waals surface area contributed by atoms with Crippen LogP contribution in [0.5, 0.6) is 0 Å². The van der Waals surface area contributed by atoms with Gasteiger partial charge >= 0.3 is 0 Å². The second-order valence-corrected chi connectivity index (χ2v) is 5.79. The normalized spacial score (nSPS) is 48.1. The highest BCUT2D eigenvalue weighted by Crippen LogP contribution is 2.52. The molecule has 2 heteroatoms. The van der Waals surface area contributed by atoms with Gasteiger partial charge in [0.05, 0.1) is 12.2 Å². The third-order valence-corrected chi connectivity index (χ3v) is 5.15. The van der Waals surface area contributed by atoms with Crippen LogP contribution in [0.3, 0.4) is 0 Å². The molecule has 0 saturated heterocycles. The Morgan fingerprint density at radius 1 is 0.941 bits per heavy atom. The first kappa shape index (κ1) is 11.7. The molecule has 4 aliphatic rings. The van der Waals surface area contributed by atoms with Crippen molar-refractivity contribution < 1.29 is 9.47 Å². The van der Waals surface area contributed by atoms with E-state index in [0.717, 1.165) is 24.4 Å². The molecule has 0 radical (unpaired) electrons. The van der Waals surface area contributed by atoms with Crippen LogP contribution in [0.25, 0.3) is 0 Å². The van der Waals surface area contributed by atoms with Crippen LogP contribution in [-0.2, 0) is 9.47 Å². The van der Waals surface area contributed by atoms with Gasteiger partial charge in [0.1, 0.15) is 0 Å². The highest BCUT2D eigenvalue weighted by molar-refractivity contribution is 5.14. The Hall–Kier alpha value is -0.340. The molecule has 2 unspecified atom stereocenters. The molecule has 0 aromatic carbocycles. The summed E-state index contributed by atoms with van der Waals surface area (Å²) < 4.78 is 11.8. The number of rotatable bonds is 3. The van der Waals surface area contributed by atoms with Crippen molar-refractivity contribution >= 4 is 0 Å². The average Bonchev–Trinajstić information content (AvgIpc) is 2.40. The molecule has 2 fully saturated rings. The van der Waals surface area contributed by atoms with E-state index in [9.17, 15) is 0 Å². The Kier molecular flexibility index (Phi) is 3.27. The van der Waals surface area contributed by atoms with Crippen LogP contribution in [0.15, 0.2) is 12.2 Å². The Morgan fingerprint density at radius 2 is 1.53 bits per heavy atom. The molecule has 0 aliphatic heterocycles. The van der Waals surface area contributed by atoms with Crippen molar-refractivity contribution in [3.63, 3.8) is 0 Å². The van der Waals surface area contributed by atoms with E-state index >= 15 is 0 Å². The van der Waals surface area contributed by atoms with Gasteiger partial charge in [0.15, 0.2) is 0 Å². The minimum Gasteiger partial charge on any atom is -0.381 e. The summed E-state index contributed by atoms with van der Waals surface area (Å²) in [5, 5.41) is 0. The molecule has 4 aliphatic carbocycles. The molecule has 2 bridgehead atoms. The molecule has 0 heterocycles. The fourth-order valence-corrected chi connectivity index (χ4v) is 4.52. The Balaban J connectivity index is 1.86. The molecule has 17 heavy (non-hydrogen) atoms. The van der Waals surface area contributed by atoms with Gasteiger partial charge in [-0.25, -0.2) is 0 Å². The summed E-state index contributed by atoms with van der Waals surface area (Å²) in [5.74, 6) is 2.93. The molecule has 0 N–H and O–H groups in total. The maximum Gasteiger partial charge on any atom is 0.0613 e. The van der Waals surface area contributed by atoms with Gasteiger partial charge in [-0.2, -0.15) is 0 Å². The smallest absolute Gasteiger partial charge is 0.0613 e. The topological polar surface area (TPSA) is 18.5 Å². The van der Waals surface area contributed by atoms with Crippen LogP contribution >= 0.6 is 0 Å². The fourth-order valence-electron chi connectivity index (χ4n) is 4.52. The third kappa shape index (κ3) is 1.86. The van der Waals surface area contributed by atoms with E-state index in [2.05, 4.69) is 19.1 Å². The van der Waals surface area contributed by atoms with Crippen molar-refractivity contribution in [2.24, 2.45) is 23.7 Å². The zero-order chi connectivity index (χ0) is 11.8. The standard InChI is InChI=1S/C15H24O2/c1-3-17-13-9-8-12(16-2)14-10-4-6-11(7-5-10)15(13)14/h4,6,10-15H,3,5,7-9H2,1-2H3/t10-,11+,12+,13+,14?,15?/m1/s1. The zero-order valence-electron chi connectivity index (χ0n) is 11.0. The number of methoxy groups -OCH3 is 1. The number of ether oxygens (including phenoxy) is 2. The first-order chi connectivity index (χ1) is 8.35. The summed E-state index contributed by atoms with van der Waals surface area (Å²) >= 11 is 0. The van der Waals surface area contributed by atoms with Crippen LogP contribution in [0, 0.1) is 23.7 Å². The van der Waals surface area contributed by atoms with E-state index < -0.39 is 0 Å². The SMILES string of the molecule is CCO[C@H]1CC[C@H](OC)C2C1[C@H]1C=C[C@@H]2CC1. The van der Waals surface area contributed by atoms with Crippen molar-refractivity contribution in [1.82, 2.24) is 0 Å². The molecule has 0 spiro atoms. The van der Waals surface area contributed by atoms with Crippen molar-refractivity contribution in [3.05, 3.63) is 12.2 Å². The predicted octanol–water partition coefficient (Wildman–Crippen LogP) is 3.03. The van der Waals surface area contributed by atoms with Gasteiger partial charge in [-0.15, -0.1) is 0 Å². The summed E-state index contributed by atoms with van der Waals surface area (Å²) in [5.41, 5.74) is 0. The van der Waals surface area contributed by atoms with Crippen LogP contribution in [0.4, 0.5) is 0 Å². The monoisotopic (exact) mass is 236 g/mol. The number of hydrogen-bond acceptors (Lipinski definition) is 2. The molecule has 96 valence electrons. The molecule has 4 rings (SSSR count). The van der Waals surface area contributed by atoms with E-state index in [-0.39, 0.29) is 0 Å². The Morgan fingerprint density at radius 3 is 2.06 bits per heavy atom. The molecule has 0 aromatic heterocycles. The average molecular weight is 236 g/mol. The van der Waals surface area contributed by atoms with Crippen molar-refractivity contribution in [1.29, 1.82) is 0 Å². The number of allylic oxidation sites excluding steroid dienone is 2. The van der Waals surface area contributed by atoms with Crippen molar-refractivity contribution in [2.45, 2.75) is 44.8 Å². The second-order valence-electron chi connectivity index (χ2n) is 5.79. The fraction of sp³-hybridized carbons (Fsp3) is 0.867. The third-order valence-electron chi connectivity index (χ3n) is 5.15. The van der Waals surface area contributed by atoms with Gasteiger partial charge in [0, 0.05) is 13.7 Å². The van der Waals surface area contributed by atoms with Gasteiger partial charge < -0.3 is 9.47 Å². The summed E-state index contributed by atoms with van der Waals surface area (Å²) in [6.45, 7) is 2.97. The molecule has 2 nitrogen and oxygen atoms in total. The van der Waals surface area contributed by atoms with Crippen molar-refractivity contribution in [3.8, 4) is 0 Å². The highest BCUT2D eigenvalue weighted by Gasteiger charge is 2.50. The molecular formula is C15H24O2. The van der Waals surface area contributed by atoms with Crippen LogP contribution in [-0.4, -0.2) is 25.9 Å². The summed E-state index contributed by atoms with van der Waals surface area (Å²) in [7, 11) is 1.88. The van der Waals surface area contributed by atoms with Crippen LogP contribution < -0.4 is 0 Å². The zero-order valence-corrected chi connectivity index (χ0v) is 11.0. The lowest BCUT2D eigenvalue weighted by Gasteiger charge is -2.53. The summed E-state index contributed by atoms with van der Waals surface area (Å²) in [4.78, 5) is 0. The summed E-state index contributed by atoms with van der Waals surface area (Å²) in [6, 6.07) is 0. The second kappa shape index (κ2) is 4.74. The summed E-state index contributed by atoms with van der Waals surface area (Å²) in [6.07, 6.45) is 11.0. The quantitative estimate of drug-likeness (QED) is 0.701. The maximum absolute atomic E-state index is 6.01. The van der Waals surface area contributed by atoms with Gasteiger partial charge in [-0.3, -0.25) is 0 Å². The highest BCUT2D eigenvalue weighted by atomic mass is 16.5. The number of hydrogen-bond donors (Lipinski definition) is 0. The Labute approximate surface area is 104 Å². The first-order valence-corrected chi connectivity index (χ1v) is 7.18. The lowest BCUT2D eigenvalue weighted by atomic mass is 9.56. The number of fused-ring (bicyclic) bond motifs is 1. The lowest BCUT2D eigenvalue weighted by molar-refractivity contribution is -0.129. The van der Waals surface area contributed by atoms with E-state index in [1.807, 2.05) is 7.11 Å². The minimum absolute atomic E-state index is 0.467. The van der Waals surface area contributed by atoms with E-state index in [4.69, 9.17) is 9.47 Å². The van der Waals surface area contributed by atoms with Gasteiger partial charge in [-0.1, -0.05) is 12.2 Å². The van der Waals surface area contributed by atoms with E-state index in [0.29, 0.717) is 18.1 Å². The molecule has 2 saturated carbocycles. The largest absolute Gasteiger partial charge is 0.381 e. The van der Waals surface area contributed by atoms with Crippen LogP contribution in [0.2, 0.25) is 0 Å². The van der Waals surface area contributed by atoms with Gasteiger partial charge in [-0.05, 0) is 56.3 Å². The lowest BCUT2D eigenvalue weighted by Crippen LogP contribution is -2.52. The molecule has 0 aromatic rings. The molecular weight excluding hydrogens is 212 g/mol. The Bertz CT molecular complexity index is 299. The minimum atomic E-state index is 0.467. The van der Waals surface area contributed by atoms with Gasteiger partial charge in [0.25, 0.3) is 0 Å². The molecule has 6 atom stereocenters. The van der Waals surface area contributed by atoms with E-state index in [1.165, 1.54) is 25.7 Å². The van der Waals surface area contributed by atoms with Crippen LogP contribution in [0.1, 0.15) is 32.6 Å². The van der Waals surface area contributed by atoms with E-state index in [1.54, 1.807) is 0 Å². The predicted molar refractivity (Wildman–Crippen MR) is 67.8 cm³/mol. The van der Waals surface area contributed by atoms with Crippen molar-refractivity contribution in [2.75, 3.05) is 13.7 Å². The van der Waals surface area contributed by atoms with Gasteiger partial charge in [0.2, 0.25) is 0 Å².